The number of nitrogens with one attached hydrogen (secondary N) is 1. The minimum absolute atomic E-state index is 0.0644. The molecule has 0 spiro atoms. The van der Waals surface area contributed by atoms with E-state index in [0.29, 0.717) is 5.56 Å². The van der Waals surface area contributed by atoms with Crippen molar-refractivity contribution >= 4 is 5.91 Å². The lowest BCUT2D eigenvalue weighted by atomic mass is 9.93. The Kier molecular flexibility index (Phi) is 4.76. The average Bonchev–Trinajstić information content (AvgIpc) is 3.02. The molecule has 0 saturated heterocycles. The van der Waals surface area contributed by atoms with Crippen LogP contribution >= 0.6 is 0 Å². The Bertz CT molecular complexity index is 658. The van der Waals surface area contributed by atoms with Crippen LogP contribution < -0.4 is 5.32 Å². The number of amides is 1. The molecule has 3 rings (SSSR count). The SMILES string of the molecule is CCc1c(C(=O)NC2CCC(O)CC2)cnn1-c1ccccc1. The molecule has 23 heavy (non-hydrogen) atoms. The maximum Gasteiger partial charge on any atom is 0.254 e. The van der Waals surface area contributed by atoms with Crippen molar-refractivity contribution in [2.45, 2.75) is 51.2 Å². The van der Waals surface area contributed by atoms with Crippen LogP contribution in [0.4, 0.5) is 0 Å². The average molecular weight is 313 g/mol. The Morgan fingerprint density at radius 3 is 2.61 bits per heavy atom. The van der Waals surface area contributed by atoms with E-state index in [4.69, 9.17) is 0 Å². The zero-order valence-electron chi connectivity index (χ0n) is 13.4. The predicted molar refractivity (Wildman–Crippen MR) is 88.7 cm³/mol. The second-order valence-electron chi connectivity index (χ2n) is 6.08. The summed E-state index contributed by atoms with van der Waals surface area (Å²) in [4.78, 5) is 12.6. The molecule has 1 amide bonds. The van der Waals surface area contributed by atoms with Crippen molar-refractivity contribution < 1.29 is 9.90 Å². The lowest BCUT2D eigenvalue weighted by Crippen LogP contribution is -2.38. The number of benzene rings is 1. The molecule has 0 radical (unpaired) electrons. The van der Waals surface area contributed by atoms with E-state index in [1.165, 1.54) is 0 Å². The summed E-state index contributed by atoms with van der Waals surface area (Å²) in [6, 6.07) is 10.00. The van der Waals surface area contributed by atoms with Crippen molar-refractivity contribution in [3.05, 3.63) is 47.8 Å². The normalized spacial score (nSPS) is 21.1. The Morgan fingerprint density at radius 1 is 1.26 bits per heavy atom. The van der Waals surface area contributed by atoms with Crippen LogP contribution in [0, 0.1) is 0 Å². The standard InChI is InChI=1S/C18H23N3O2/c1-2-17-16(12-19-21(17)14-6-4-3-5-7-14)18(23)20-13-8-10-15(22)11-9-13/h3-7,12-13,15,22H,2,8-11H2,1H3,(H,20,23). The summed E-state index contributed by atoms with van der Waals surface area (Å²) in [5.41, 5.74) is 2.52. The van der Waals surface area contributed by atoms with Crippen molar-refractivity contribution in [3.8, 4) is 5.69 Å². The molecule has 1 fully saturated rings. The minimum Gasteiger partial charge on any atom is -0.393 e. The second-order valence-corrected chi connectivity index (χ2v) is 6.08. The van der Waals surface area contributed by atoms with E-state index in [2.05, 4.69) is 10.4 Å². The van der Waals surface area contributed by atoms with Crippen molar-refractivity contribution in [2.24, 2.45) is 0 Å². The van der Waals surface area contributed by atoms with Gasteiger partial charge in [0.1, 0.15) is 0 Å². The number of hydrogen-bond acceptors (Lipinski definition) is 3. The Labute approximate surface area is 136 Å². The third kappa shape index (κ3) is 3.45. The zero-order valence-corrected chi connectivity index (χ0v) is 13.4. The minimum atomic E-state index is -0.213. The molecule has 122 valence electrons. The molecule has 0 bridgehead atoms. The number of aliphatic hydroxyl groups excluding tert-OH is 1. The van der Waals surface area contributed by atoms with E-state index in [-0.39, 0.29) is 18.1 Å². The summed E-state index contributed by atoms with van der Waals surface area (Å²) in [7, 11) is 0. The maximum absolute atomic E-state index is 12.6. The van der Waals surface area contributed by atoms with E-state index in [9.17, 15) is 9.90 Å². The molecule has 1 aliphatic carbocycles. The smallest absolute Gasteiger partial charge is 0.254 e. The lowest BCUT2D eigenvalue weighted by molar-refractivity contribution is 0.0867. The van der Waals surface area contributed by atoms with Gasteiger partial charge in [0, 0.05) is 6.04 Å². The first-order valence-electron chi connectivity index (χ1n) is 8.30. The highest BCUT2D eigenvalue weighted by Gasteiger charge is 2.23. The number of carbonyl (C=O) groups is 1. The van der Waals surface area contributed by atoms with Gasteiger partial charge in [-0.05, 0) is 44.2 Å². The molecule has 1 aliphatic rings. The van der Waals surface area contributed by atoms with Gasteiger partial charge in [-0.25, -0.2) is 4.68 Å². The van der Waals surface area contributed by atoms with Crippen molar-refractivity contribution in [2.75, 3.05) is 0 Å². The van der Waals surface area contributed by atoms with Crippen LogP contribution in [0.15, 0.2) is 36.5 Å². The fraction of sp³-hybridized carbons (Fsp3) is 0.444. The molecule has 1 aromatic carbocycles. The summed E-state index contributed by atoms with van der Waals surface area (Å²) >= 11 is 0. The summed E-state index contributed by atoms with van der Waals surface area (Å²) < 4.78 is 1.83. The van der Waals surface area contributed by atoms with Crippen molar-refractivity contribution in [1.29, 1.82) is 0 Å². The summed E-state index contributed by atoms with van der Waals surface area (Å²) in [6.45, 7) is 2.03. The zero-order chi connectivity index (χ0) is 16.2. The topological polar surface area (TPSA) is 67.2 Å². The first kappa shape index (κ1) is 15.7. The monoisotopic (exact) mass is 313 g/mol. The van der Waals surface area contributed by atoms with Gasteiger partial charge in [0.2, 0.25) is 0 Å². The largest absolute Gasteiger partial charge is 0.393 e. The van der Waals surface area contributed by atoms with Crippen LogP contribution in [0.2, 0.25) is 0 Å². The number of carbonyl (C=O) groups excluding carboxylic acids is 1. The third-order valence-electron chi connectivity index (χ3n) is 4.48. The van der Waals surface area contributed by atoms with Gasteiger partial charge in [0.05, 0.1) is 29.2 Å². The van der Waals surface area contributed by atoms with Crippen molar-refractivity contribution in [1.82, 2.24) is 15.1 Å². The molecular weight excluding hydrogens is 290 g/mol. The first-order valence-corrected chi connectivity index (χ1v) is 8.30. The predicted octanol–water partition coefficient (Wildman–Crippen LogP) is 2.47. The van der Waals surface area contributed by atoms with Gasteiger partial charge in [-0.3, -0.25) is 4.79 Å². The van der Waals surface area contributed by atoms with Gasteiger partial charge in [-0.2, -0.15) is 5.10 Å². The van der Waals surface area contributed by atoms with E-state index >= 15 is 0 Å². The van der Waals surface area contributed by atoms with Crippen LogP contribution in [0.5, 0.6) is 0 Å². The van der Waals surface area contributed by atoms with Crippen LogP contribution in [0.25, 0.3) is 5.69 Å². The Morgan fingerprint density at radius 2 is 1.96 bits per heavy atom. The molecule has 5 nitrogen and oxygen atoms in total. The summed E-state index contributed by atoms with van der Waals surface area (Å²) in [5.74, 6) is -0.0644. The first-order chi connectivity index (χ1) is 11.2. The fourth-order valence-electron chi connectivity index (χ4n) is 3.18. The van der Waals surface area contributed by atoms with E-state index in [1.807, 2.05) is 41.9 Å². The maximum atomic E-state index is 12.6. The number of hydrogen-bond donors (Lipinski definition) is 2. The molecule has 5 heteroatoms. The Balaban J connectivity index is 1.77. The second kappa shape index (κ2) is 6.96. The summed E-state index contributed by atoms with van der Waals surface area (Å²) in [6.07, 6.45) is 5.36. The van der Waals surface area contributed by atoms with Gasteiger partial charge in [0.15, 0.2) is 0 Å². The highest BCUT2D eigenvalue weighted by atomic mass is 16.3. The van der Waals surface area contributed by atoms with Gasteiger partial charge in [-0.1, -0.05) is 25.1 Å². The molecule has 1 heterocycles. The van der Waals surface area contributed by atoms with Gasteiger partial charge in [-0.15, -0.1) is 0 Å². The number of para-hydroxylation sites is 1. The lowest BCUT2D eigenvalue weighted by Gasteiger charge is -2.26. The Hall–Kier alpha value is -2.14. The highest BCUT2D eigenvalue weighted by molar-refractivity contribution is 5.95. The number of aromatic nitrogens is 2. The summed E-state index contributed by atoms with van der Waals surface area (Å²) in [5, 5.41) is 17.1. The number of rotatable bonds is 4. The molecule has 0 aliphatic heterocycles. The molecular formula is C18H23N3O2. The van der Waals surface area contributed by atoms with Crippen molar-refractivity contribution in [3.63, 3.8) is 0 Å². The fourth-order valence-corrected chi connectivity index (χ4v) is 3.18. The van der Waals surface area contributed by atoms with Gasteiger partial charge >= 0.3 is 0 Å². The van der Waals surface area contributed by atoms with E-state index in [0.717, 1.165) is 43.5 Å². The molecule has 1 saturated carbocycles. The van der Waals surface area contributed by atoms with Crippen LogP contribution in [0.1, 0.15) is 48.7 Å². The van der Waals surface area contributed by atoms with E-state index < -0.39 is 0 Å². The highest BCUT2D eigenvalue weighted by Crippen LogP contribution is 2.20. The van der Waals surface area contributed by atoms with E-state index in [1.54, 1.807) is 6.20 Å². The number of nitrogens with zero attached hydrogens (tertiary/aromatic N) is 2. The quantitative estimate of drug-likeness (QED) is 0.911. The van der Waals surface area contributed by atoms with Crippen LogP contribution in [-0.4, -0.2) is 32.9 Å². The van der Waals surface area contributed by atoms with Crippen LogP contribution in [-0.2, 0) is 6.42 Å². The molecule has 0 unspecified atom stereocenters. The van der Waals surface area contributed by atoms with Gasteiger partial charge in [0.25, 0.3) is 5.91 Å². The molecule has 0 atom stereocenters. The number of aliphatic hydroxyl groups is 1. The molecule has 2 N–H and O–H groups in total. The molecule has 1 aromatic heterocycles. The molecule has 2 aromatic rings. The van der Waals surface area contributed by atoms with Gasteiger partial charge < -0.3 is 10.4 Å². The third-order valence-corrected chi connectivity index (χ3v) is 4.48. The van der Waals surface area contributed by atoms with Crippen LogP contribution in [0.3, 0.4) is 0 Å².